The van der Waals surface area contributed by atoms with Crippen molar-refractivity contribution in [1.82, 2.24) is 24.8 Å². The van der Waals surface area contributed by atoms with Gasteiger partial charge < -0.3 is 24.3 Å². The third-order valence-electron chi connectivity index (χ3n) is 5.57. The number of nitrogens with one attached hydrogen (secondary N) is 2. The average Bonchev–Trinajstić information content (AvgIpc) is 3.54. The number of carbonyl (C=O) groups excluding carboxylic acids is 1. The van der Waals surface area contributed by atoms with Gasteiger partial charge in [-0.1, -0.05) is 0 Å². The summed E-state index contributed by atoms with van der Waals surface area (Å²) in [5.41, 5.74) is 4.30. The maximum atomic E-state index is 12.1. The summed E-state index contributed by atoms with van der Waals surface area (Å²) in [4.78, 5) is 24.6. The van der Waals surface area contributed by atoms with Crippen LogP contribution in [0.25, 0.3) is 43.8 Å². The predicted molar refractivity (Wildman–Crippen MR) is 139 cm³/mol. The van der Waals surface area contributed by atoms with Crippen molar-refractivity contribution in [3.05, 3.63) is 54.3 Å². The van der Waals surface area contributed by atoms with Crippen LogP contribution in [0, 0.1) is 0 Å². The summed E-state index contributed by atoms with van der Waals surface area (Å²) in [5, 5.41) is 7.90. The van der Waals surface area contributed by atoms with Crippen LogP contribution in [0.1, 0.15) is 20.8 Å². The van der Waals surface area contributed by atoms with Crippen LogP contribution in [-0.2, 0) is 11.3 Å². The quantitative estimate of drug-likeness (QED) is 0.312. The number of benzene rings is 1. The number of pyridine rings is 1. The van der Waals surface area contributed by atoms with Crippen LogP contribution in [0.3, 0.4) is 0 Å². The molecule has 4 aromatic heterocycles. The highest BCUT2D eigenvalue weighted by atomic mass is 32.1. The summed E-state index contributed by atoms with van der Waals surface area (Å²) >= 11 is 1.60. The van der Waals surface area contributed by atoms with Gasteiger partial charge in [0.1, 0.15) is 22.0 Å². The number of carbonyl (C=O) groups is 1. The lowest BCUT2D eigenvalue weighted by molar-refractivity contribution is 0.0526. The lowest BCUT2D eigenvalue weighted by atomic mass is 10.1. The Hall–Kier alpha value is -3.85. The molecule has 5 aromatic rings. The second kappa shape index (κ2) is 9.07. The van der Waals surface area contributed by atoms with Gasteiger partial charge in [-0.05, 0) is 51.1 Å². The summed E-state index contributed by atoms with van der Waals surface area (Å²) < 4.78 is 13.0. The van der Waals surface area contributed by atoms with Crippen molar-refractivity contribution in [3.8, 4) is 27.6 Å². The monoisotopic (exact) mass is 489 g/mol. The Labute approximate surface area is 206 Å². The van der Waals surface area contributed by atoms with E-state index < -0.39 is 11.7 Å². The summed E-state index contributed by atoms with van der Waals surface area (Å²) in [6, 6.07) is 9.97. The lowest BCUT2D eigenvalue weighted by Crippen LogP contribution is -2.34. The average molecular weight is 490 g/mol. The molecule has 0 saturated carbocycles. The number of aromatic amines is 1. The van der Waals surface area contributed by atoms with Gasteiger partial charge in [0.05, 0.1) is 12.8 Å². The highest BCUT2D eigenvalue weighted by Crippen LogP contribution is 2.37. The fourth-order valence-corrected chi connectivity index (χ4v) is 4.88. The molecule has 0 bridgehead atoms. The summed E-state index contributed by atoms with van der Waals surface area (Å²) in [6.45, 7) is 6.58. The third-order valence-corrected chi connectivity index (χ3v) is 6.45. The lowest BCUT2D eigenvalue weighted by Gasteiger charge is -2.19. The van der Waals surface area contributed by atoms with E-state index in [-0.39, 0.29) is 0 Å². The number of ether oxygens (including phenoxy) is 2. The zero-order chi connectivity index (χ0) is 24.6. The van der Waals surface area contributed by atoms with E-state index in [0.717, 1.165) is 49.5 Å². The minimum Gasteiger partial charge on any atom is -0.497 e. The van der Waals surface area contributed by atoms with Crippen molar-refractivity contribution in [2.45, 2.75) is 32.9 Å². The van der Waals surface area contributed by atoms with Crippen molar-refractivity contribution < 1.29 is 14.3 Å². The Morgan fingerprint density at radius 2 is 2.06 bits per heavy atom. The molecule has 0 atom stereocenters. The summed E-state index contributed by atoms with van der Waals surface area (Å²) in [7, 11) is 1.66. The molecule has 0 radical (unpaired) electrons. The van der Waals surface area contributed by atoms with Gasteiger partial charge in [-0.2, -0.15) is 0 Å². The van der Waals surface area contributed by atoms with E-state index in [2.05, 4.69) is 31.4 Å². The first kappa shape index (κ1) is 22.9. The van der Waals surface area contributed by atoms with E-state index in [4.69, 9.17) is 14.5 Å². The third kappa shape index (κ3) is 4.72. The number of amides is 1. The number of H-pyrrole nitrogens is 1. The van der Waals surface area contributed by atoms with E-state index in [9.17, 15) is 4.79 Å². The van der Waals surface area contributed by atoms with Gasteiger partial charge in [0.15, 0.2) is 0 Å². The summed E-state index contributed by atoms with van der Waals surface area (Å²) in [6.07, 6.45) is 5.38. The van der Waals surface area contributed by atoms with E-state index in [1.54, 1.807) is 24.6 Å². The molecule has 2 N–H and O–H groups in total. The fourth-order valence-electron chi connectivity index (χ4n) is 4.04. The van der Waals surface area contributed by atoms with Gasteiger partial charge in [0, 0.05) is 64.5 Å². The maximum absolute atomic E-state index is 12.1. The van der Waals surface area contributed by atoms with Crippen molar-refractivity contribution in [1.29, 1.82) is 0 Å². The molecule has 1 amide bonds. The number of hydrogen-bond donors (Lipinski definition) is 2. The first-order valence-electron chi connectivity index (χ1n) is 11.3. The highest BCUT2D eigenvalue weighted by Gasteiger charge is 2.18. The van der Waals surface area contributed by atoms with Crippen LogP contribution in [0.15, 0.2) is 54.3 Å². The Kier molecular flexibility index (Phi) is 5.94. The molecular weight excluding hydrogens is 462 g/mol. The second-order valence-corrected chi connectivity index (χ2v) is 10.0. The Morgan fingerprint density at radius 1 is 1.20 bits per heavy atom. The van der Waals surface area contributed by atoms with Crippen molar-refractivity contribution in [2.75, 3.05) is 13.7 Å². The highest BCUT2D eigenvalue weighted by molar-refractivity contribution is 7.13. The second-order valence-electron chi connectivity index (χ2n) is 9.19. The molecule has 4 heterocycles. The van der Waals surface area contributed by atoms with Crippen molar-refractivity contribution in [2.24, 2.45) is 0 Å². The van der Waals surface area contributed by atoms with E-state index >= 15 is 0 Å². The number of thiazole rings is 1. The molecule has 8 nitrogen and oxygen atoms in total. The van der Waals surface area contributed by atoms with Crippen LogP contribution in [0.5, 0.6) is 5.75 Å². The molecule has 0 aliphatic rings. The van der Waals surface area contributed by atoms with E-state index in [1.165, 1.54) is 0 Å². The molecule has 35 heavy (non-hydrogen) atoms. The summed E-state index contributed by atoms with van der Waals surface area (Å²) in [5.74, 6) is 0.780. The van der Waals surface area contributed by atoms with Gasteiger partial charge in [0.25, 0.3) is 0 Å². The number of aromatic nitrogens is 4. The van der Waals surface area contributed by atoms with Crippen LogP contribution < -0.4 is 10.1 Å². The zero-order valence-corrected chi connectivity index (χ0v) is 20.9. The smallest absolute Gasteiger partial charge is 0.407 e. The van der Waals surface area contributed by atoms with Gasteiger partial charge in [-0.3, -0.25) is 0 Å². The first-order chi connectivity index (χ1) is 16.8. The van der Waals surface area contributed by atoms with Crippen molar-refractivity contribution >= 4 is 39.4 Å². The molecule has 0 saturated heterocycles. The Morgan fingerprint density at radius 3 is 2.86 bits per heavy atom. The van der Waals surface area contributed by atoms with Crippen LogP contribution >= 0.6 is 11.3 Å². The Balaban J connectivity index is 1.46. The van der Waals surface area contributed by atoms with Crippen LogP contribution in [0.2, 0.25) is 0 Å². The van der Waals surface area contributed by atoms with E-state index in [0.29, 0.717) is 13.1 Å². The molecule has 9 heteroatoms. The van der Waals surface area contributed by atoms with Gasteiger partial charge in [-0.15, -0.1) is 11.3 Å². The SMILES string of the molecule is COc1ccc2c(c1)c(-c1nc(-c3c[nH]c4ncccc34)cs1)cn2CCNC(=O)OC(C)(C)C. The maximum Gasteiger partial charge on any atom is 0.407 e. The number of rotatable bonds is 6. The molecule has 5 rings (SSSR count). The number of nitrogens with zero attached hydrogens (tertiary/aromatic N) is 3. The molecule has 0 spiro atoms. The molecule has 1 aromatic carbocycles. The van der Waals surface area contributed by atoms with E-state index in [1.807, 2.05) is 57.3 Å². The molecular formula is C26H27N5O3S. The van der Waals surface area contributed by atoms with Crippen LogP contribution in [-0.4, -0.2) is 44.9 Å². The Bertz CT molecular complexity index is 1510. The number of methoxy groups -OCH3 is 1. The number of fused-ring (bicyclic) bond motifs is 2. The standard InChI is InChI=1S/C26H27N5O3S/c1-26(2,3)34-25(32)28-10-11-31-14-20(18-12-16(33-4)7-8-22(18)31)24-30-21(15-35-24)19-13-29-23-17(19)6-5-9-27-23/h5-9,12-15H,10-11H2,1-4H3,(H,27,29)(H,28,32). The minimum atomic E-state index is -0.530. The largest absolute Gasteiger partial charge is 0.497 e. The minimum absolute atomic E-state index is 0.423. The molecule has 0 fully saturated rings. The normalized spacial score (nSPS) is 11.8. The van der Waals surface area contributed by atoms with Gasteiger partial charge >= 0.3 is 6.09 Å². The number of hydrogen-bond acceptors (Lipinski definition) is 6. The predicted octanol–water partition coefficient (Wildman–Crippen LogP) is 5.84. The van der Waals surface area contributed by atoms with Gasteiger partial charge in [0.2, 0.25) is 0 Å². The van der Waals surface area contributed by atoms with Gasteiger partial charge in [-0.25, -0.2) is 14.8 Å². The zero-order valence-electron chi connectivity index (χ0n) is 20.1. The first-order valence-corrected chi connectivity index (χ1v) is 12.2. The molecule has 0 aliphatic heterocycles. The number of alkyl carbamates (subject to hydrolysis) is 1. The fraction of sp³-hybridized carbons (Fsp3) is 0.269. The molecule has 0 unspecified atom stereocenters. The molecule has 0 aliphatic carbocycles. The topological polar surface area (TPSA) is 94.1 Å². The molecule has 180 valence electrons. The van der Waals surface area contributed by atoms with Crippen LogP contribution in [0.4, 0.5) is 4.79 Å². The van der Waals surface area contributed by atoms with Crippen molar-refractivity contribution in [3.63, 3.8) is 0 Å².